The largest absolute Gasteiger partial charge is 0.309 e. The lowest BCUT2D eigenvalue weighted by molar-refractivity contribution is 0.657. The second-order valence-corrected chi connectivity index (χ2v) is 14.9. The van der Waals surface area contributed by atoms with E-state index >= 15 is 0 Å². The highest BCUT2D eigenvalue weighted by Gasteiger charge is 2.36. The van der Waals surface area contributed by atoms with Crippen LogP contribution in [0.5, 0.6) is 0 Å². The van der Waals surface area contributed by atoms with Gasteiger partial charge in [0.15, 0.2) is 0 Å². The fourth-order valence-corrected chi connectivity index (χ4v) is 9.02. The molecule has 1 aliphatic carbocycles. The first-order valence-electron chi connectivity index (χ1n) is 18.5. The van der Waals surface area contributed by atoms with Crippen LogP contribution in [0.25, 0.3) is 60.5 Å². The molecule has 0 unspecified atom stereocenters. The number of fused-ring (bicyclic) bond motifs is 7. The van der Waals surface area contributed by atoms with E-state index in [2.05, 4.69) is 200 Å². The van der Waals surface area contributed by atoms with E-state index in [0.29, 0.717) is 0 Å². The average Bonchev–Trinajstić information content (AvgIpc) is 3.64. The molecular formula is C51H39N. The van der Waals surface area contributed by atoms with Crippen molar-refractivity contribution >= 4 is 32.6 Å². The maximum Gasteiger partial charge on any atom is 0.0625 e. The van der Waals surface area contributed by atoms with Crippen LogP contribution in [0.2, 0.25) is 0 Å². The minimum atomic E-state index is -0.168. The summed E-state index contributed by atoms with van der Waals surface area (Å²) in [6.45, 7) is 4.82. The Morgan fingerprint density at radius 1 is 0.500 bits per heavy atom. The first-order valence-corrected chi connectivity index (χ1v) is 18.5. The maximum atomic E-state index is 2.52. The molecule has 0 aliphatic heterocycles. The summed E-state index contributed by atoms with van der Waals surface area (Å²) in [5, 5.41) is 5.10. The SMILES string of the molecule is CC1(C)c2cc([C@H](Cc3ccccc3)c3ccccc3)ccc2-c2ccc(-n3c4ccccc4c4cc5ccccc5c(-c5ccccc5)c43)cc21. The molecule has 0 fully saturated rings. The van der Waals surface area contributed by atoms with Gasteiger partial charge in [0.05, 0.1) is 11.0 Å². The zero-order chi connectivity index (χ0) is 34.8. The number of hydrogen-bond acceptors (Lipinski definition) is 0. The summed E-state index contributed by atoms with van der Waals surface area (Å²) in [5.41, 5.74) is 15.6. The van der Waals surface area contributed by atoms with Crippen LogP contribution < -0.4 is 0 Å². The van der Waals surface area contributed by atoms with E-state index in [1.807, 2.05) is 0 Å². The lowest BCUT2D eigenvalue weighted by atomic mass is 9.79. The zero-order valence-electron chi connectivity index (χ0n) is 29.6. The maximum absolute atomic E-state index is 2.52. The molecule has 1 nitrogen and oxygen atoms in total. The summed E-state index contributed by atoms with van der Waals surface area (Å²) in [6.07, 6.45) is 0.966. The molecule has 0 bridgehead atoms. The summed E-state index contributed by atoms with van der Waals surface area (Å²) in [7, 11) is 0. The van der Waals surface area contributed by atoms with E-state index < -0.39 is 0 Å². The summed E-state index contributed by atoms with van der Waals surface area (Å²) in [4.78, 5) is 0. The third-order valence-electron chi connectivity index (χ3n) is 11.6. The van der Waals surface area contributed by atoms with Gasteiger partial charge in [-0.05, 0) is 86.0 Å². The summed E-state index contributed by atoms with van der Waals surface area (Å²) in [5.74, 6) is 0.271. The van der Waals surface area contributed by atoms with Crippen molar-refractivity contribution in [3.8, 4) is 27.9 Å². The third-order valence-corrected chi connectivity index (χ3v) is 11.6. The molecule has 52 heavy (non-hydrogen) atoms. The van der Waals surface area contributed by atoms with Crippen LogP contribution >= 0.6 is 0 Å². The molecule has 1 heteroatoms. The van der Waals surface area contributed by atoms with E-state index in [1.165, 1.54) is 88.3 Å². The molecule has 1 heterocycles. The van der Waals surface area contributed by atoms with Crippen LogP contribution in [0.3, 0.4) is 0 Å². The van der Waals surface area contributed by atoms with Gasteiger partial charge in [-0.15, -0.1) is 0 Å². The van der Waals surface area contributed by atoms with Crippen molar-refractivity contribution < 1.29 is 0 Å². The number of nitrogens with zero attached hydrogens (tertiary/aromatic N) is 1. The van der Waals surface area contributed by atoms with Gasteiger partial charge in [0, 0.05) is 33.4 Å². The second-order valence-electron chi connectivity index (χ2n) is 14.9. The van der Waals surface area contributed by atoms with Crippen molar-refractivity contribution in [2.75, 3.05) is 0 Å². The van der Waals surface area contributed by atoms with Crippen molar-refractivity contribution in [3.05, 3.63) is 210 Å². The number of benzene rings is 8. The van der Waals surface area contributed by atoms with E-state index in [9.17, 15) is 0 Å². The van der Waals surface area contributed by atoms with Gasteiger partial charge in [-0.25, -0.2) is 0 Å². The van der Waals surface area contributed by atoms with E-state index in [0.717, 1.165) is 6.42 Å². The molecule has 0 spiro atoms. The third kappa shape index (κ3) is 4.77. The Labute approximate surface area is 305 Å². The van der Waals surface area contributed by atoms with Crippen LogP contribution in [0.1, 0.15) is 47.6 Å². The van der Waals surface area contributed by atoms with Gasteiger partial charge < -0.3 is 4.57 Å². The number of hydrogen-bond donors (Lipinski definition) is 0. The topological polar surface area (TPSA) is 4.93 Å². The van der Waals surface area contributed by atoms with Gasteiger partial charge in [0.25, 0.3) is 0 Å². The fourth-order valence-electron chi connectivity index (χ4n) is 9.02. The molecule has 9 aromatic rings. The van der Waals surface area contributed by atoms with Crippen LogP contribution in [-0.2, 0) is 11.8 Å². The first kappa shape index (κ1) is 30.6. The van der Waals surface area contributed by atoms with Crippen LogP contribution in [0, 0.1) is 0 Å². The normalized spacial score (nSPS) is 13.7. The molecule has 10 rings (SSSR count). The van der Waals surface area contributed by atoms with Gasteiger partial charge in [0.2, 0.25) is 0 Å². The van der Waals surface area contributed by atoms with Crippen LogP contribution in [0.15, 0.2) is 182 Å². The molecule has 0 N–H and O–H groups in total. The average molecular weight is 666 g/mol. The quantitative estimate of drug-likeness (QED) is 0.167. The number of aromatic nitrogens is 1. The minimum Gasteiger partial charge on any atom is -0.309 e. The molecule has 0 saturated heterocycles. The number of para-hydroxylation sites is 1. The highest BCUT2D eigenvalue weighted by Crippen LogP contribution is 2.51. The second kappa shape index (κ2) is 12.0. The summed E-state index contributed by atoms with van der Waals surface area (Å²) in [6, 6.07) is 67.5. The Morgan fingerprint density at radius 3 is 1.88 bits per heavy atom. The Balaban J connectivity index is 1.16. The van der Waals surface area contributed by atoms with Gasteiger partial charge in [0.1, 0.15) is 0 Å². The molecule has 1 aliphatic rings. The molecule has 8 aromatic carbocycles. The predicted molar refractivity (Wildman–Crippen MR) is 220 cm³/mol. The monoisotopic (exact) mass is 665 g/mol. The Bertz CT molecular complexity index is 2770. The Hall–Kier alpha value is -6.18. The molecule has 248 valence electrons. The van der Waals surface area contributed by atoms with Crippen molar-refractivity contribution in [1.29, 1.82) is 0 Å². The first-order chi connectivity index (χ1) is 25.6. The Kier molecular flexibility index (Phi) is 7.05. The van der Waals surface area contributed by atoms with Crippen molar-refractivity contribution in [3.63, 3.8) is 0 Å². The molecule has 0 radical (unpaired) electrons. The fraction of sp³-hybridized carbons (Fsp3) is 0.0980. The van der Waals surface area contributed by atoms with Crippen LogP contribution in [0.4, 0.5) is 0 Å². The standard InChI is InChI=1S/C51H39N/c1-51(2)46-32-38(44(35-18-8-4-9-19-35)30-34-16-6-3-7-17-34)26-28-41(46)42-29-27-39(33-47(42)51)52-48-25-15-14-24-43(48)45-31-37-22-12-13-23-40(37)49(50(45)52)36-20-10-5-11-21-36/h3-29,31-33,44H,30H2,1-2H3/t44-/m1/s1. The van der Waals surface area contributed by atoms with Crippen molar-refractivity contribution in [2.45, 2.75) is 31.6 Å². The molecule has 1 aromatic heterocycles. The summed E-state index contributed by atoms with van der Waals surface area (Å²) >= 11 is 0. The van der Waals surface area contributed by atoms with E-state index in [1.54, 1.807) is 0 Å². The number of rotatable bonds is 6. The smallest absolute Gasteiger partial charge is 0.0625 e. The summed E-state index contributed by atoms with van der Waals surface area (Å²) < 4.78 is 2.52. The predicted octanol–water partition coefficient (Wildman–Crippen LogP) is 13.3. The van der Waals surface area contributed by atoms with E-state index in [-0.39, 0.29) is 11.3 Å². The molecule has 0 amide bonds. The van der Waals surface area contributed by atoms with Gasteiger partial charge in [-0.2, -0.15) is 0 Å². The van der Waals surface area contributed by atoms with Crippen LogP contribution in [-0.4, -0.2) is 4.57 Å². The lowest BCUT2D eigenvalue weighted by Crippen LogP contribution is -2.16. The lowest BCUT2D eigenvalue weighted by Gasteiger charge is -2.25. The van der Waals surface area contributed by atoms with Gasteiger partial charge >= 0.3 is 0 Å². The zero-order valence-corrected chi connectivity index (χ0v) is 29.6. The molecule has 0 saturated carbocycles. The van der Waals surface area contributed by atoms with E-state index in [4.69, 9.17) is 0 Å². The van der Waals surface area contributed by atoms with Gasteiger partial charge in [-0.3, -0.25) is 0 Å². The minimum absolute atomic E-state index is 0.168. The highest BCUT2D eigenvalue weighted by atomic mass is 15.0. The van der Waals surface area contributed by atoms with Crippen molar-refractivity contribution in [1.82, 2.24) is 4.57 Å². The molecular weight excluding hydrogens is 627 g/mol. The Morgan fingerprint density at radius 2 is 1.12 bits per heavy atom. The van der Waals surface area contributed by atoms with Crippen molar-refractivity contribution in [2.24, 2.45) is 0 Å². The molecule has 1 atom stereocenters. The van der Waals surface area contributed by atoms with Gasteiger partial charge in [-0.1, -0.05) is 172 Å². The highest BCUT2D eigenvalue weighted by molar-refractivity contribution is 6.21.